The van der Waals surface area contributed by atoms with Gasteiger partial charge in [-0.25, -0.2) is 0 Å². The number of ether oxygens (including phenoxy) is 1. The lowest BCUT2D eigenvalue weighted by atomic mass is 10.0. The first kappa shape index (κ1) is 15.8. The van der Waals surface area contributed by atoms with Gasteiger partial charge in [-0.1, -0.05) is 18.2 Å². The topological polar surface area (TPSA) is 49.9 Å². The van der Waals surface area contributed by atoms with Crippen molar-refractivity contribution < 1.29 is 13.2 Å². The third kappa shape index (κ3) is 3.00. The van der Waals surface area contributed by atoms with E-state index >= 15 is 0 Å². The van der Waals surface area contributed by atoms with E-state index in [1.54, 1.807) is 15.7 Å². The molecule has 0 amide bonds. The van der Waals surface area contributed by atoms with Crippen LogP contribution in [-0.2, 0) is 16.6 Å². The number of rotatable bonds is 5. The Labute approximate surface area is 133 Å². The van der Waals surface area contributed by atoms with Crippen LogP contribution < -0.4 is 4.74 Å². The zero-order valence-corrected chi connectivity index (χ0v) is 13.9. The summed E-state index contributed by atoms with van der Waals surface area (Å²) in [4.78, 5) is 0. The smallest absolute Gasteiger partial charge is 0.282 e. The molecule has 122 valence electrons. The van der Waals surface area contributed by atoms with Gasteiger partial charge in [0.25, 0.3) is 10.2 Å². The maximum Gasteiger partial charge on any atom is 0.282 e. The van der Waals surface area contributed by atoms with Crippen molar-refractivity contribution >= 4 is 10.2 Å². The maximum absolute atomic E-state index is 12.8. The molecule has 5 nitrogen and oxygen atoms in total. The minimum absolute atomic E-state index is 0.0434. The molecular weight excluding hydrogens is 300 g/mol. The van der Waals surface area contributed by atoms with Gasteiger partial charge in [-0.15, -0.1) is 0 Å². The summed E-state index contributed by atoms with van der Waals surface area (Å²) in [6, 6.07) is 7.92. The molecule has 0 radical (unpaired) electrons. The van der Waals surface area contributed by atoms with Crippen LogP contribution in [0, 0.1) is 0 Å². The summed E-state index contributed by atoms with van der Waals surface area (Å²) < 4.78 is 34.4. The van der Waals surface area contributed by atoms with Crippen LogP contribution in [0.2, 0.25) is 0 Å². The third-order valence-electron chi connectivity index (χ3n) is 4.66. The lowest BCUT2D eigenvalue weighted by molar-refractivity contribution is 0.338. The lowest BCUT2D eigenvalue weighted by Gasteiger charge is -2.28. The second-order valence-corrected chi connectivity index (χ2v) is 7.92. The number of para-hydroxylation sites is 1. The molecule has 0 bridgehead atoms. The zero-order valence-electron chi connectivity index (χ0n) is 13.1. The molecule has 0 unspecified atom stereocenters. The van der Waals surface area contributed by atoms with Gasteiger partial charge < -0.3 is 4.74 Å². The summed E-state index contributed by atoms with van der Waals surface area (Å²) in [5.74, 6) is 0.841. The fourth-order valence-electron chi connectivity index (χ4n) is 3.51. The molecule has 1 aromatic carbocycles. The molecular formula is C16H24N2O3S. The highest BCUT2D eigenvalue weighted by molar-refractivity contribution is 7.86. The van der Waals surface area contributed by atoms with Crippen molar-refractivity contribution in [2.75, 3.05) is 26.7 Å². The first-order chi connectivity index (χ1) is 10.6. The van der Waals surface area contributed by atoms with Gasteiger partial charge in [0.05, 0.1) is 7.11 Å². The summed E-state index contributed by atoms with van der Waals surface area (Å²) in [5, 5.41) is 0. The fourth-order valence-corrected chi connectivity index (χ4v) is 5.44. The summed E-state index contributed by atoms with van der Waals surface area (Å²) in [6.45, 7) is 1.97. The lowest BCUT2D eigenvalue weighted by Crippen LogP contribution is -2.45. The largest absolute Gasteiger partial charge is 0.496 e. The van der Waals surface area contributed by atoms with Crippen molar-refractivity contribution in [3.05, 3.63) is 29.8 Å². The average Bonchev–Trinajstić information content (AvgIpc) is 3.19. The number of hydrogen-bond donors (Lipinski definition) is 0. The monoisotopic (exact) mass is 324 g/mol. The van der Waals surface area contributed by atoms with E-state index in [9.17, 15) is 8.42 Å². The number of benzene rings is 1. The molecule has 2 heterocycles. The van der Waals surface area contributed by atoms with Crippen LogP contribution >= 0.6 is 0 Å². The Kier molecular flexibility index (Phi) is 4.70. The molecule has 0 aromatic heterocycles. The predicted octanol–water partition coefficient (Wildman–Crippen LogP) is 2.04. The van der Waals surface area contributed by atoms with E-state index in [-0.39, 0.29) is 6.04 Å². The molecule has 0 saturated carbocycles. The summed E-state index contributed by atoms with van der Waals surface area (Å²) in [7, 11) is -1.64. The Balaban J connectivity index is 1.78. The normalized spacial score (nSPS) is 24.0. The Morgan fingerprint density at radius 1 is 1.14 bits per heavy atom. The van der Waals surface area contributed by atoms with Gasteiger partial charge in [-0.3, -0.25) is 0 Å². The SMILES string of the molecule is COc1ccccc1C[C@H]1CCCN1S(=O)(=O)N1CCCC1. The molecule has 2 aliphatic heterocycles. The van der Waals surface area contributed by atoms with E-state index in [1.165, 1.54) is 0 Å². The molecule has 2 fully saturated rings. The molecule has 3 rings (SSSR count). The van der Waals surface area contributed by atoms with Crippen molar-refractivity contribution in [3.8, 4) is 5.75 Å². The van der Waals surface area contributed by atoms with Crippen molar-refractivity contribution in [2.45, 2.75) is 38.1 Å². The van der Waals surface area contributed by atoms with Crippen LogP contribution in [0.1, 0.15) is 31.2 Å². The van der Waals surface area contributed by atoms with E-state index in [1.807, 2.05) is 24.3 Å². The van der Waals surface area contributed by atoms with E-state index in [0.29, 0.717) is 19.6 Å². The molecule has 0 N–H and O–H groups in total. The second kappa shape index (κ2) is 6.56. The molecule has 22 heavy (non-hydrogen) atoms. The van der Waals surface area contributed by atoms with Crippen LogP contribution in [0.5, 0.6) is 5.75 Å². The Hall–Kier alpha value is -1.11. The number of hydrogen-bond acceptors (Lipinski definition) is 3. The standard InChI is InChI=1S/C16H24N2O3S/c1-21-16-9-3-2-7-14(16)13-15-8-6-12-18(15)22(19,20)17-10-4-5-11-17/h2-3,7,9,15H,4-6,8,10-13H2,1H3/t15-/m1/s1. The number of nitrogens with zero attached hydrogens (tertiary/aromatic N) is 2. The first-order valence-corrected chi connectivity index (χ1v) is 9.41. The summed E-state index contributed by atoms with van der Waals surface area (Å²) in [5.41, 5.74) is 1.08. The van der Waals surface area contributed by atoms with Crippen LogP contribution in [0.15, 0.2) is 24.3 Å². The minimum atomic E-state index is -3.30. The van der Waals surface area contributed by atoms with Gasteiger partial charge in [0.1, 0.15) is 5.75 Å². The van der Waals surface area contributed by atoms with Gasteiger partial charge in [-0.05, 0) is 43.7 Å². The number of methoxy groups -OCH3 is 1. The highest BCUT2D eigenvalue weighted by atomic mass is 32.2. The molecule has 0 aliphatic carbocycles. The predicted molar refractivity (Wildman–Crippen MR) is 86.2 cm³/mol. The highest BCUT2D eigenvalue weighted by Gasteiger charge is 2.39. The van der Waals surface area contributed by atoms with E-state index in [0.717, 1.165) is 43.4 Å². The third-order valence-corrected chi connectivity index (χ3v) is 6.75. The van der Waals surface area contributed by atoms with Crippen molar-refractivity contribution in [1.29, 1.82) is 0 Å². The van der Waals surface area contributed by atoms with Gasteiger partial charge in [-0.2, -0.15) is 17.0 Å². The van der Waals surface area contributed by atoms with Gasteiger partial charge in [0.2, 0.25) is 0 Å². The molecule has 2 aliphatic rings. The van der Waals surface area contributed by atoms with E-state index < -0.39 is 10.2 Å². The van der Waals surface area contributed by atoms with Crippen LogP contribution in [0.25, 0.3) is 0 Å². The van der Waals surface area contributed by atoms with Gasteiger partial charge in [0.15, 0.2) is 0 Å². The fraction of sp³-hybridized carbons (Fsp3) is 0.625. The summed E-state index contributed by atoms with van der Waals surface area (Å²) in [6.07, 6.45) is 4.53. The van der Waals surface area contributed by atoms with Crippen LogP contribution in [0.4, 0.5) is 0 Å². The molecule has 6 heteroatoms. The van der Waals surface area contributed by atoms with Crippen LogP contribution in [0.3, 0.4) is 0 Å². The van der Waals surface area contributed by atoms with Crippen molar-refractivity contribution in [2.24, 2.45) is 0 Å². The molecule has 1 aromatic rings. The first-order valence-electron chi connectivity index (χ1n) is 8.02. The zero-order chi connectivity index (χ0) is 15.6. The Morgan fingerprint density at radius 2 is 1.86 bits per heavy atom. The maximum atomic E-state index is 12.8. The quantitative estimate of drug-likeness (QED) is 0.833. The van der Waals surface area contributed by atoms with Crippen LogP contribution in [-0.4, -0.2) is 49.8 Å². The van der Waals surface area contributed by atoms with Crippen molar-refractivity contribution in [3.63, 3.8) is 0 Å². The Morgan fingerprint density at radius 3 is 2.59 bits per heavy atom. The minimum Gasteiger partial charge on any atom is -0.496 e. The molecule has 1 atom stereocenters. The van der Waals surface area contributed by atoms with Gasteiger partial charge >= 0.3 is 0 Å². The van der Waals surface area contributed by atoms with E-state index in [2.05, 4.69) is 0 Å². The molecule has 0 spiro atoms. The highest BCUT2D eigenvalue weighted by Crippen LogP contribution is 2.30. The van der Waals surface area contributed by atoms with Gasteiger partial charge in [0, 0.05) is 25.7 Å². The Bertz CT molecular complexity index is 612. The summed E-state index contributed by atoms with van der Waals surface area (Å²) >= 11 is 0. The van der Waals surface area contributed by atoms with E-state index in [4.69, 9.17) is 4.74 Å². The van der Waals surface area contributed by atoms with Crippen molar-refractivity contribution in [1.82, 2.24) is 8.61 Å². The average molecular weight is 324 g/mol. The molecule has 2 saturated heterocycles. The second-order valence-electron chi connectivity index (χ2n) is 6.04.